The van der Waals surface area contributed by atoms with Gasteiger partial charge in [0.15, 0.2) is 5.78 Å². The van der Waals surface area contributed by atoms with Gasteiger partial charge in [0.2, 0.25) is 0 Å². The molecule has 0 fully saturated rings. The van der Waals surface area contributed by atoms with Gasteiger partial charge in [-0.15, -0.1) is 0 Å². The zero-order valence-corrected chi connectivity index (χ0v) is 12.3. The summed E-state index contributed by atoms with van der Waals surface area (Å²) in [6.07, 6.45) is 0. The lowest BCUT2D eigenvalue weighted by Crippen LogP contribution is -2.10. The second kappa shape index (κ2) is 6.28. The fourth-order valence-corrected chi connectivity index (χ4v) is 2.56. The van der Waals surface area contributed by atoms with E-state index in [0.717, 1.165) is 11.1 Å². The third kappa shape index (κ3) is 2.90. The van der Waals surface area contributed by atoms with Crippen LogP contribution in [0.4, 0.5) is 0 Å². The summed E-state index contributed by atoms with van der Waals surface area (Å²) in [6, 6.07) is 23.1. The number of aromatic carboxylic acids is 1. The summed E-state index contributed by atoms with van der Waals surface area (Å²) in [5.41, 5.74) is 2.42. The second-order valence-electron chi connectivity index (χ2n) is 5.09. The average molecular weight is 302 g/mol. The zero-order valence-electron chi connectivity index (χ0n) is 12.3. The normalized spacial score (nSPS) is 10.3. The summed E-state index contributed by atoms with van der Waals surface area (Å²) in [4.78, 5) is 24.3. The molecule has 0 aliphatic carbocycles. The number of rotatable bonds is 4. The first kappa shape index (κ1) is 14.7. The molecule has 0 atom stereocenters. The van der Waals surface area contributed by atoms with Gasteiger partial charge in [-0.1, -0.05) is 72.8 Å². The summed E-state index contributed by atoms with van der Waals surface area (Å²) in [7, 11) is 0. The molecule has 0 radical (unpaired) electrons. The number of benzene rings is 3. The predicted octanol–water partition coefficient (Wildman–Crippen LogP) is 4.28. The fraction of sp³-hybridized carbons (Fsp3) is 0. The van der Waals surface area contributed by atoms with E-state index in [4.69, 9.17) is 0 Å². The third-order valence-corrected chi connectivity index (χ3v) is 3.66. The molecule has 0 amide bonds. The van der Waals surface area contributed by atoms with Crippen LogP contribution in [0.25, 0.3) is 11.1 Å². The van der Waals surface area contributed by atoms with Gasteiger partial charge in [-0.05, 0) is 17.2 Å². The Bertz CT molecular complexity index is 867. The van der Waals surface area contributed by atoms with E-state index in [2.05, 4.69) is 0 Å². The molecule has 3 heteroatoms. The molecule has 0 aromatic heterocycles. The molecule has 1 N–H and O–H groups in total. The SMILES string of the molecule is O=C(O)c1ccccc1C(=O)c1ccccc1-c1ccccc1. The van der Waals surface area contributed by atoms with Crippen molar-refractivity contribution in [2.75, 3.05) is 0 Å². The minimum absolute atomic E-state index is 0.0142. The molecule has 3 rings (SSSR count). The first-order valence-corrected chi connectivity index (χ1v) is 7.20. The Labute approximate surface area is 133 Å². The Morgan fingerprint density at radius 2 is 1.13 bits per heavy atom. The molecule has 0 aliphatic heterocycles. The molecular weight excluding hydrogens is 288 g/mol. The largest absolute Gasteiger partial charge is 0.478 e. The monoisotopic (exact) mass is 302 g/mol. The number of hydrogen-bond acceptors (Lipinski definition) is 2. The molecule has 0 saturated carbocycles. The van der Waals surface area contributed by atoms with Gasteiger partial charge in [0, 0.05) is 11.1 Å². The Kier molecular flexibility index (Phi) is 4.02. The van der Waals surface area contributed by atoms with E-state index in [-0.39, 0.29) is 16.9 Å². The summed E-state index contributed by atoms with van der Waals surface area (Å²) < 4.78 is 0. The van der Waals surface area contributed by atoms with Gasteiger partial charge < -0.3 is 5.11 Å². The van der Waals surface area contributed by atoms with Crippen LogP contribution in [0.1, 0.15) is 26.3 Å². The number of hydrogen-bond donors (Lipinski definition) is 1. The Balaban J connectivity index is 2.14. The van der Waals surface area contributed by atoms with Crippen LogP contribution in [0.2, 0.25) is 0 Å². The van der Waals surface area contributed by atoms with Crippen molar-refractivity contribution < 1.29 is 14.7 Å². The van der Waals surface area contributed by atoms with E-state index in [0.29, 0.717) is 5.56 Å². The van der Waals surface area contributed by atoms with Gasteiger partial charge in [-0.3, -0.25) is 4.79 Å². The van der Waals surface area contributed by atoms with E-state index < -0.39 is 5.97 Å². The number of carbonyl (C=O) groups is 2. The van der Waals surface area contributed by atoms with Gasteiger partial charge in [0.25, 0.3) is 0 Å². The highest BCUT2D eigenvalue weighted by atomic mass is 16.4. The van der Waals surface area contributed by atoms with Crippen molar-refractivity contribution in [3.8, 4) is 11.1 Å². The quantitative estimate of drug-likeness (QED) is 0.732. The summed E-state index contributed by atoms with van der Waals surface area (Å²) in [5.74, 6) is -1.39. The van der Waals surface area contributed by atoms with Gasteiger partial charge in [-0.2, -0.15) is 0 Å². The minimum atomic E-state index is -1.11. The summed E-state index contributed by atoms with van der Waals surface area (Å²) in [5, 5.41) is 9.30. The lowest BCUT2D eigenvalue weighted by atomic mass is 9.92. The number of ketones is 1. The maximum atomic E-state index is 12.9. The first-order chi connectivity index (χ1) is 11.2. The van der Waals surface area contributed by atoms with Crippen molar-refractivity contribution in [1.82, 2.24) is 0 Å². The predicted molar refractivity (Wildman–Crippen MR) is 88.7 cm³/mol. The average Bonchev–Trinajstić information content (AvgIpc) is 2.62. The molecule has 3 aromatic carbocycles. The molecule has 0 spiro atoms. The minimum Gasteiger partial charge on any atom is -0.478 e. The van der Waals surface area contributed by atoms with Gasteiger partial charge in [0.05, 0.1) is 5.56 Å². The van der Waals surface area contributed by atoms with Crippen LogP contribution in [0.15, 0.2) is 78.9 Å². The lowest BCUT2D eigenvalue weighted by molar-refractivity contribution is 0.0693. The summed E-state index contributed by atoms with van der Waals surface area (Å²) in [6.45, 7) is 0. The topological polar surface area (TPSA) is 54.4 Å². The molecule has 0 aliphatic rings. The van der Waals surface area contributed by atoms with Crippen LogP contribution in [0, 0.1) is 0 Å². The third-order valence-electron chi connectivity index (χ3n) is 3.66. The van der Waals surface area contributed by atoms with Crippen LogP contribution in [-0.2, 0) is 0 Å². The molecule has 0 bridgehead atoms. The van der Waals surface area contributed by atoms with Gasteiger partial charge in [-0.25, -0.2) is 4.79 Å². The van der Waals surface area contributed by atoms with Crippen molar-refractivity contribution >= 4 is 11.8 Å². The highest BCUT2D eigenvalue weighted by Gasteiger charge is 2.19. The van der Waals surface area contributed by atoms with Crippen molar-refractivity contribution in [2.45, 2.75) is 0 Å². The maximum Gasteiger partial charge on any atom is 0.336 e. The van der Waals surface area contributed by atoms with E-state index in [9.17, 15) is 14.7 Å². The standard InChI is InChI=1S/C20H14O3/c21-19(17-12-6-7-13-18(17)20(22)23)16-11-5-4-10-15(16)14-8-2-1-3-9-14/h1-13H,(H,22,23). The number of carboxylic acids is 1. The second-order valence-corrected chi connectivity index (χ2v) is 5.09. The molecule has 23 heavy (non-hydrogen) atoms. The van der Waals surface area contributed by atoms with Crippen molar-refractivity contribution in [1.29, 1.82) is 0 Å². The van der Waals surface area contributed by atoms with Crippen molar-refractivity contribution in [3.05, 3.63) is 95.6 Å². The van der Waals surface area contributed by atoms with Gasteiger partial charge in [0.1, 0.15) is 0 Å². The van der Waals surface area contributed by atoms with Crippen LogP contribution < -0.4 is 0 Å². The van der Waals surface area contributed by atoms with E-state index in [1.807, 2.05) is 42.5 Å². The Morgan fingerprint density at radius 3 is 1.78 bits per heavy atom. The van der Waals surface area contributed by atoms with E-state index in [1.165, 1.54) is 6.07 Å². The van der Waals surface area contributed by atoms with Crippen LogP contribution in [-0.4, -0.2) is 16.9 Å². The molecule has 3 nitrogen and oxygen atoms in total. The Hall–Kier alpha value is -3.20. The molecule has 0 unspecified atom stereocenters. The first-order valence-electron chi connectivity index (χ1n) is 7.20. The van der Waals surface area contributed by atoms with Crippen molar-refractivity contribution in [3.63, 3.8) is 0 Å². The number of carboxylic acid groups (broad SMARTS) is 1. The zero-order chi connectivity index (χ0) is 16.2. The highest BCUT2D eigenvalue weighted by Crippen LogP contribution is 2.26. The fourth-order valence-electron chi connectivity index (χ4n) is 2.56. The molecule has 112 valence electrons. The number of carbonyl (C=O) groups excluding carboxylic acids is 1. The van der Waals surface area contributed by atoms with E-state index >= 15 is 0 Å². The Morgan fingerprint density at radius 1 is 0.609 bits per heavy atom. The van der Waals surface area contributed by atoms with Crippen LogP contribution >= 0.6 is 0 Å². The molecule has 3 aromatic rings. The molecule has 0 heterocycles. The van der Waals surface area contributed by atoms with Gasteiger partial charge >= 0.3 is 5.97 Å². The molecular formula is C20H14O3. The summed E-state index contributed by atoms with van der Waals surface area (Å²) >= 11 is 0. The maximum absolute atomic E-state index is 12.9. The van der Waals surface area contributed by atoms with Crippen LogP contribution in [0.3, 0.4) is 0 Å². The van der Waals surface area contributed by atoms with Crippen LogP contribution in [0.5, 0.6) is 0 Å². The van der Waals surface area contributed by atoms with E-state index in [1.54, 1.807) is 30.3 Å². The smallest absolute Gasteiger partial charge is 0.336 e. The lowest BCUT2D eigenvalue weighted by Gasteiger charge is -2.10. The molecule has 0 saturated heterocycles. The van der Waals surface area contributed by atoms with Crippen molar-refractivity contribution in [2.24, 2.45) is 0 Å². The highest BCUT2D eigenvalue weighted by molar-refractivity contribution is 6.16.